The van der Waals surface area contributed by atoms with E-state index in [0.717, 1.165) is 12.1 Å². The summed E-state index contributed by atoms with van der Waals surface area (Å²) in [6.45, 7) is 5.94. The largest absolute Gasteiger partial charge is 0.471 e. The van der Waals surface area contributed by atoms with Crippen LogP contribution in [0.4, 0.5) is 22.4 Å². The number of likely N-dealkylation sites (tertiary alicyclic amines) is 1. The number of benzene rings is 1. The van der Waals surface area contributed by atoms with Crippen molar-refractivity contribution in [1.29, 1.82) is 0 Å². The first-order valence-electron chi connectivity index (χ1n) is 9.72. The fourth-order valence-electron chi connectivity index (χ4n) is 3.20. The summed E-state index contributed by atoms with van der Waals surface area (Å²) in [6, 6.07) is 2.98. The van der Waals surface area contributed by atoms with Crippen LogP contribution in [0.5, 0.6) is 0 Å². The highest BCUT2D eigenvalue weighted by Gasteiger charge is 2.39. The zero-order valence-electron chi connectivity index (χ0n) is 17.9. The molecule has 0 bridgehead atoms. The molecule has 0 aliphatic carbocycles. The molecule has 2 heterocycles. The van der Waals surface area contributed by atoms with Gasteiger partial charge in [0.05, 0.1) is 11.6 Å². The van der Waals surface area contributed by atoms with E-state index in [1.807, 2.05) is 0 Å². The Morgan fingerprint density at radius 3 is 2.50 bits per heavy atom. The lowest BCUT2D eigenvalue weighted by atomic mass is 10.1. The molecule has 1 unspecified atom stereocenters. The SMILES string of the molecule is CN(C(=O)c1ccc(-c2noc(C(F)(F)F)n2)c(F)c1)C1CCN(C(=O)OC(C)(C)C)C1. The van der Waals surface area contributed by atoms with Crippen molar-refractivity contribution in [1.82, 2.24) is 19.9 Å². The molecule has 1 aliphatic rings. The predicted octanol–water partition coefficient (Wildman–Crippen LogP) is 3.98. The summed E-state index contributed by atoms with van der Waals surface area (Å²) in [5.74, 6) is -3.65. The van der Waals surface area contributed by atoms with Crippen molar-refractivity contribution in [2.75, 3.05) is 20.1 Å². The molecule has 1 aromatic heterocycles. The van der Waals surface area contributed by atoms with E-state index >= 15 is 0 Å². The third kappa shape index (κ3) is 5.17. The summed E-state index contributed by atoms with van der Waals surface area (Å²) in [5.41, 5.74) is -0.986. The maximum Gasteiger partial charge on any atom is 0.471 e. The van der Waals surface area contributed by atoms with Gasteiger partial charge >= 0.3 is 18.2 Å². The molecule has 1 atom stereocenters. The van der Waals surface area contributed by atoms with E-state index in [4.69, 9.17) is 4.74 Å². The molecule has 0 spiro atoms. The Morgan fingerprint density at radius 2 is 1.94 bits per heavy atom. The number of carbonyl (C=O) groups is 2. The fraction of sp³-hybridized carbons (Fsp3) is 0.500. The molecular weight excluding hydrogens is 436 g/mol. The van der Waals surface area contributed by atoms with E-state index in [2.05, 4.69) is 14.7 Å². The summed E-state index contributed by atoms with van der Waals surface area (Å²) >= 11 is 0. The number of ether oxygens (including phenoxy) is 1. The van der Waals surface area contributed by atoms with Crippen LogP contribution in [0.25, 0.3) is 11.4 Å². The number of aromatic nitrogens is 2. The quantitative estimate of drug-likeness (QED) is 0.647. The number of amides is 2. The van der Waals surface area contributed by atoms with Crippen LogP contribution in [0.15, 0.2) is 22.7 Å². The second-order valence-electron chi connectivity index (χ2n) is 8.40. The smallest absolute Gasteiger partial charge is 0.444 e. The first-order chi connectivity index (χ1) is 14.8. The van der Waals surface area contributed by atoms with Gasteiger partial charge in [0, 0.05) is 25.7 Å². The lowest BCUT2D eigenvalue weighted by molar-refractivity contribution is -0.159. The molecule has 0 saturated carbocycles. The van der Waals surface area contributed by atoms with E-state index < -0.39 is 41.3 Å². The Kier molecular flexibility index (Phi) is 6.16. The van der Waals surface area contributed by atoms with E-state index in [1.165, 1.54) is 22.9 Å². The highest BCUT2D eigenvalue weighted by atomic mass is 19.4. The minimum Gasteiger partial charge on any atom is -0.444 e. The molecule has 2 aromatic rings. The molecule has 0 radical (unpaired) electrons. The van der Waals surface area contributed by atoms with Gasteiger partial charge in [0.2, 0.25) is 5.82 Å². The van der Waals surface area contributed by atoms with Crippen molar-refractivity contribution in [2.45, 2.75) is 45.0 Å². The topological polar surface area (TPSA) is 88.8 Å². The van der Waals surface area contributed by atoms with Crippen LogP contribution in [0.2, 0.25) is 0 Å². The van der Waals surface area contributed by atoms with Crippen LogP contribution in [0.1, 0.15) is 43.4 Å². The minimum absolute atomic E-state index is 0.0102. The highest BCUT2D eigenvalue weighted by molar-refractivity contribution is 5.94. The van der Waals surface area contributed by atoms with Crippen molar-refractivity contribution in [2.24, 2.45) is 0 Å². The minimum atomic E-state index is -4.85. The average Bonchev–Trinajstić information content (AvgIpc) is 3.35. The Bertz CT molecular complexity index is 1020. The molecule has 2 amide bonds. The molecule has 1 aromatic carbocycles. The van der Waals surface area contributed by atoms with Crippen LogP contribution in [0, 0.1) is 5.82 Å². The maximum absolute atomic E-state index is 14.5. The Morgan fingerprint density at radius 1 is 1.25 bits per heavy atom. The van der Waals surface area contributed by atoms with Crippen molar-refractivity contribution in [3.8, 4) is 11.4 Å². The number of hydrogen-bond donors (Lipinski definition) is 0. The van der Waals surface area contributed by atoms with Crippen molar-refractivity contribution < 1.29 is 36.4 Å². The molecule has 1 saturated heterocycles. The second kappa shape index (κ2) is 8.40. The fourth-order valence-corrected chi connectivity index (χ4v) is 3.20. The zero-order chi connectivity index (χ0) is 23.8. The van der Waals surface area contributed by atoms with Gasteiger partial charge in [0.1, 0.15) is 11.4 Å². The number of carbonyl (C=O) groups excluding carboxylic acids is 2. The first-order valence-corrected chi connectivity index (χ1v) is 9.72. The molecule has 32 heavy (non-hydrogen) atoms. The van der Waals surface area contributed by atoms with Crippen LogP contribution in [0.3, 0.4) is 0 Å². The van der Waals surface area contributed by atoms with Crippen LogP contribution >= 0.6 is 0 Å². The summed E-state index contributed by atoms with van der Waals surface area (Å²) in [6.07, 6.45) is -4.81. The number of alkyl halides is 3. The number of hydrogen-bond acceptors (Lipinski definition) is 6. The standard InChI is InChI=1S/C20H22F4N4O4/c1-19(2,3)31-18(30)28-8-7-12(10-28)27(4)16(29)11-5-6-13(14(21)9-11)15-25-17(32-26-15)20(22,23)24/h5-6,9,12H,7-8,10H2,1-4H3. The van der Waals surface area contributed by atoms with Gasteiger partial charge in [-0.25, -0.2) is 9.18 Å². The molecule has 3 rings (SSSR count). The third-order valence-electron chi connectivity index (χ3n) is 4.81. The summed E-state index contributed by atoms with van der Waals surface area (Å²) in [7, 11) is 1.53. The van der Waals surface area contributed by atoms with Crippen molar-refractivity contribution in [3.63, 3.8) is 0 Å². The average molecular weight is 458 g/mol. The molecule has 0 N–H and O–H groups in total. The van der Waals surface area contributed by atoms with Crippen LogP contribution < -0.4 is 0 Å². The molecule has 174 valence electrons. The van der Waals surface area contributed by atoms with E-state index in [1.54, 1.807) is 20.8 Å². The summed E-state index contributed by atoms with van der Waals surface area (Å²) in [4.78, 5) is 31.1. The van der Waals surface area contributed by atoms with Gasteiger partial charge in [-0.15, -0.1) is 0 Å². The number of nitrogens with zero attached hydrogens (tertiary/aromatic N) is 4. The molecule has 1 fully saturated rings. The lowest BCUT2D eigenvalue weighted by Crippen LogP contribution is -2.41. The summed E-state index contributed by atoms with van der Waals surface area (Å²) < 4.78 is 61.8. The third-order valence-corrected chi connectivity index (χ3v) is 4.81. The van der Waals surface area contributed by atoms with Gasteiger partial charge in [-0.3, -0.25) is 4.79 Å². The Hall–Kier alpha value is -3.18. The first kappa shape index (κ1) is 23.5. The van der Waals surface area contributed by atoms with E-state index in [9.17, 15) is 27.2 Å². The van der Waals surface area contributed by atoms with Crippen molar-refractivity contribution >= 4 is 12.0 Å². The number of likely N-dealkylation sites (N-methyl/N-ethyl adjacent to an activating group) is 1. The van der Waals surface area contributed by atoms with Gasteiger partial charge < -0.3 is 19.1 Å². The normalized spacial score (nSPS) is 16.9. The second-order valence-corrected chi connectivity index (χ2v) is 8.40. The van der Waals surface area contributed by atoms with Crippen molar-refractivity contribution in [3.05, 3.63) is 35.5 Å². The number of rotatable bonds is 3. The monoisotopic (exact) mass is 458 g/mol. The number of halogens is 4. The van der Waals surface area contributed by atoms with Gasteiger partial charge in [-0.2, -0.15) is 18.2 Å². The van der Waals surface area contributed by atoms with Gasteiger partial charge in [-0.05, 0) is 45.4 Å². The Balaban J connectivity index is 1.70. The molecule has 8 nitrogen and oxygen atoms in total. The lowest BCUT2D eigenvalue weighted by Gasteiger charge is -2.27. The van der Waals surface area contributed by atoms with E-state index in [0.29, 0.717) is 13.0 Å². The van der Waals surface area contributed by atoms with E-state index in [-0.39, 0.29) is 23.7 Å². The van der Waals surface area contributed by atoms with Crippen LogP contribution in [-0.4, -0.2) is 63.7 Å². The molecular formula is C20H22F4N4O4. The van der Waals surface area contributed by atoms with Gasteiger partial charge in [0.15, 0.2) is 0 Å². The molecule has 12 heteroatoms. The maximum atomic E-state index is 14.5. The predicted molar refractivity (Wildman–Crippen MR) is 103 cm³/mol. The summed E-state index contributed by atoms with van der Waals surface area (Å²) in [5, 5.41) is 3.15. The van der Waals surface area contributed by atoms with Gasteiger partial charge in [-0.1, -0.05) is 5.16 Å². The van der Waals surface area contributed by atoms with Gasteiger partial charge in [0.25, 0.3) is 5.91 Å². The Labute approximate surface area is 181 Å². The highest BCUT2D eigenvalue weighted by Crippen LogP contribution is 2.30. The zero-order valence-corrected chi connectivity index (χ0v) is 17.9. The molecule has 1 aliphatic heterocycles. The van der Waals surface area contributed by atoms with Crippen LogP contribution in [-0.2, 0) is 10.9 Å².